The highest BCUT2D eigenvalue weighted by Gasteiger charge is 2.29. The summed E-state index contributed by atoms with van der Waals surface area (Å²) >= 11 is 0. The van der Waals surface area contributed by atoms with E-state index in [1.165, 1.54) is 18.5 Å². The molecule has 0 bridgehead atoms. The molecule has 0 aliphatic carbocycles. The number of amides is 2. The molecule has 2 heterocycles. The van der Waals surface area contributed by atoms with Gasteiger partial charge in [-0.05, 0) is 48.0 Å². The molecule has 2 aromatic carbocycles. The molecule has 0 unspecified atom stereocenters. The van der Waals surface area contributed by atoms with E-state index >= 15 is 0 Å². The summed E-state index contributed by atoms with van der Waals surface area (Å²) in [5.74, 6) is 0.350. The van der Waals surface area contributed by atoms with Crippen LogP contribution in [-0.4, -0.2) is 20.6 Å². The summed E-state index contributed by atoms with van der Waals surface area (Å²) in [5.41, 5.74) is 8.29. The number of benzene rings is 2. The fourth-order valence-electron chi connectivity index (χ4n) is 2.98. The minimum absolute atomic E-state index is 0.243. The van der Waals surface area contributed by atoms with Gasteiger partial charge in [-0.25, -0.2) is 14.3 Å². The van der Waals surface area contributed by atoms with Gasteiger partial charge in [0.05, 0.1) is 5.56 Å². The Bertz CT molecular complexity index is 1200. The number of hydrogen-bond donors (Lipinski definition) is 3. The van der Waals surface area contributed by atoms with Crippen LogP contribution in [0, 0.1) is 0 Å². The predicted molar refractivity (Wildman–Crippen MR) is 107 cm³/mol. The second-order valence-corrected chi connectivity index (χ2v) is 6.40. The van der Waals surface area contributed by atoms with Crippen molar-refractivity contribution in [1.29, 1.82) is 0 Å². The number of aromatic nitrogens is 3. The first-order valence-electron chi connectivity index (χ1n) is 8.75. The Morgan fingerprint density at radius 1 is 0.933 bits per heavy atom. The quantitative estimate of drug-likeness (QED) is 0.457. The van der Waals surface area contributed by atoms with E-state index < -0.39 is 17.8 Å². The van der Waals surface area contributed by atoms with Crippen LogP contribution in [-0.2, 0) is 6.18 Å². The molecule has 0 atom stereocenters. The maximum atomic E-state index is 12.6. The molecule has 30 heavy (non-hydrogen) atoms. The van der Waals surface area contributed by atoms with E-state index in [0.29, 0.717) is 17.0 Å². The third kappa shape index (κ3) is 3.88. The molecule has 0 fully saturated rings. The lowest BCUT2D eigenvalue weighted by atomic mass is 10.1. The number of nitrogens with two attached hydrogens (primary N) is 1. The Kier molecular flexibility index (Phi) is 4.74. The molecule has 4 rings (SSSR count). The third-order valence-corrected chi connectivity index (χ3v) is 4.41. The summed E-state index contributed by atoms with van der Waals surface area (Å²) in [4.78, 5) is 16.1. The molecule has 0 saturated heterocycles. The van der Waals surface area contributed by atoms with Crippen molar-refractivity contribution in [2.24, 2.45) is 0 Å². The van der Waals surface area contributed by atoms with E-state index in [4.69, 9.17) is 5.73 Å². The van der Waals surface area contributed by atoms with Gasteiger partial charge in [-0.15, -0.1) is 0 Å². The average molecular weight is 412 g/mol. The van der Waals surface area contributed by atoms with Gasteiger partial charge in [0.2, 0.25) is 0 Å². The average Bonchev–Trinajstić information content (AvgIpc) is 3.14. The maximum absolute atomic E-state index is 12.6. The monoisotopic (exact) mass is 412 g/mol. The summed E-state index contributed by atoms with van der Waals surface area (Å²) in [6, 6.07) is 12.5. The van der Waals surface area contributed by atoms with Crippen LogP contribution >= 0.6 is 0 Å². The molecule has 4 aromatic rings. The Hall–Kier alpha value is -4.08. The fraction of sp³-hybridized carbons (Fsp3) is 0.0500. The Balaban J connectivity index is 1.45. The number of rotatable bonds is 3. The van der Waals surface area contributed by atoms with Crippen LogP contribution in [0.2, 0.25) is 0 Å². The zero-order valence-electron chi connectivity index (χ0n) is 15.3. The lowest BCUT2D eigenvalue weighted by molar-refractivity contribution is -0.137. The lowest BCUT2D eigenvalue weighted by Crippen LogP contribution is -2.19. The van der Waals surface area contributed by atoms with Crippen molar-refractivity contribution < 1.29 is 18.0 Å². The van der Waals surface area contributed by atoms with Gasteiger partial charge in [0.15, 0.2) is 5.82 Å². The van der Waals surface area contributed by atoms with Crippen molar-refractivity contribution in [3.63, 3.8) is 0 Å². The van der Waals surface area contributed by atoms with Gasteiger partial charge < -0.3 is 16.4 Å². The number of fused-ring (bicyclic) bond motifs is 1. The molecule has 2 aromatic heterocycles. The predicted octanol–water partition coefficient (Wildman–Crippen LogP) is 4.64. The third-order valence-electron chi connectivity index (χ3n) is 4.41. The van der Waals surface area contributed by atoms with Gasteiger partial charge >= 0.3 is 12.2 Å². The van der Waals surface area contributed by atoms with E-state index in [-0.39, 0.29) is 5.69 Å². The van der Waals surface area contributed by atoms with Crippen molar-refractivity contribution in [3.8, 4) is 11.1 Å². The Morgan fingerprint density at radius 2 is 1.53 bits per heavy atom. The summed E-state index contributed by atoms with van der Waals surface area (Å²) < 4.78 is 39.4. The maximum Gasteiger partial charge on any atom is 0.416 e. The summed E-state index contributed by atoms with van der Waals surface area (Å²) in [5, 5.41) is 9.22. The molecule has 0 aliphatic heterocycles. The molecule has 152 valence electrons. The van der Waals surface area contributed by atoms with Crippen LogP contribution in [0.1, 0.15) is 5.56 Å². The van der Waals surface area contributed by atoms with Crippen molar-refractivity contribution in [1.82, 2.24) is 14.6 Å². The zero-order valence-corrected chi connectivity index (χ0v) is 15.3. The van der Waals surface area contributed by atoms with Crippen LogP contribution in [0.5, 0.6) is 0 Å². The second-order valence-electron chi connectivity index (χ2n) is 6.40. The summed E-state index contributed by atoms with van der Waals surface area (Å²) in [6.07, 6.45) is -1.29. The van der Waals surface area contributed by atoms with Crippen LogP contribution in [0.15, 0.2) is 67.1 Å². The highest BCUT2D eigenvalue weighted by atomic mass is 19.4. The van der Waals surface area contributed by atoms with E-state index in [2.05, 4.69) is 20.7 Å². The van der Waals surface area contributed by atoms with Gasteiger partial charge in [0, 0.05) is 23.1 Å². The zero-order chi connectivity index (χ0) is 21.3. The summed E-state index contributed by atoms with van der Waals surface area (Å²) in [7, 11) is 0. The van der Waals surface area contributed by atoms with Crippen molar-refractivity contribution >= 4 is 28.7 Å². The molecular formula is C20H15F3N6O. The van der Waals surface area contributed by atoms with Crippen LogP contribution in [0.25, 0.3) is 16.6 Å². The van der Waals surface area contributed by atoms with Gasteiger partial charge in [-0.1, -0.05) is 12.1 Å². The Labute approximate surface area is 168 Å². The standard InChI is InChI=1S/C20H15F3N6O/c21-20(22,23)13-3-7-15(8-4-13)28-19(30)27-14-5-1-12(2-6-14)16-9-10-29-17(16)18(24)25-11-26-29/h1-11H,(H2,24,25,26)(H2,27,28,30). The molecule has 10 heteroatoms. The minimum Gasteiger partial charge on any atom is -0.382 e. The number of nitrogen functional groups attached to an aromatic ring is 1. The topological polar surface area (TPSA) is 97.3 Å². The smallest absolute Gasteiger partial charge is 0.382 e. The number of nitrogens with one attached hydrogen (secondary N) is 2. The van der Waals surface area contributed by atoms with E-state index in [1.807, 2.05) is 6.07 Å². The molecule has 0 saturated carbocycles. The van der Waals surface area contributed by atoms with Crippen LogP contribution in [0.4, 0.5) is 35.2 Å². The first-order chi connectivity index (χ1) is 14.3. The Morgan fingerprint density at radius 3 is 2.13 bits per heavy atom. The first kappa shape index (κ1) is 19.2. The van der Waals surface area contributed by atoms with Crippen molar-refractivity contribution in [3.05, 3.63) is 72.7 Å². The highest BCUT2D eigenvalue weighted by molar-refractivity contribution is 6.00. The number of halogens is 3. The highest BCUT2D eigenvalue weighted by Crippen LogP contribution is 2.30. The number of carbonyl (C=O) groups is 1. The number of hydrogen-bond acceptors (Lipinski definition) is 4. The lowest BCUT2D eigenvalue weighted by Gasteiger charge is -2.10. The minimum atomic E-state index is -4.43. The molecule has 7 nitrogen and oxygen atoms in total. The molecular weight excluding hydrogens is 397 g/mol. The van der Waals surface area contributed by atoms with Crippen LogP contribution in [0.3, 0.4) is 0 Å². The molecule has 2 amide bonds. The molecule has 4 N–H and O–H groups in total. The van der Waals surface area contributed by atoms with Gasteiger partial charge in [0.1, 0.15) is 11.8 Å². The van der Waals surface area contributed by atoms with Gasteiger partial charge in [-0.3, -0.25) is 0 Å². The SMILES string of the molecule is Nc1ncnn2ccc(-c3ccc(NC(=O)Nc4ccc(C(F)(F)F)cc4)cc3)c12. The van der Waals surface area contributed by atoms with Gasteiger partial charge in [0.25, 0.3) is 0 Å². The number of alkyl halides is 3. The molecule has 0 spiro atoms. The summed E-state index contributed by atoms with van der Waals surface area (Å²) in [6.45, 7) is 0. The van der Waals surface area contributed by atoms with Gasteiger partial charge in [-0.2, -0.15) is 18.3 Å². The van der Waals surface area contributed by atoms with Crippen molar-refractivity contribution in [2.75, 3.05) is 16.4 Å². The largest absolute Gasteiger partial charge is 0.416 e. The first-order valence-corrected chi connectivity index (χ1v) is 8.75. The number of nitrogens with zero attached hydrogens (tertiary/aromatic N) is 3. The fourth-order valence-corrected chi connectivity index (χ4v) is 2.98. The van der Waals surface area contributed by atoms with E-state index in [9.17, 15) is 18.0 Å². The number of carbonyl (C=O) groups excluding carboxylic acids is 1. The van der Waals surface area contributed by atoms with Crippen LogP contribution < -0.4 is 16.4 Å². The molecule has 0 aliphatic rings. The van der Waals surface area contributed by atoms with Crippen molar-refractivity contribution in [2.45, 2.75) is 6.18 Å². The normalized spacial score (nSPS) is 11.4. The molecule has 0 radical (unpaired) electrons. The van der Waals surface area contributed by atoms with E-state index in [1.54, 1.807) is 35.0 Å². The number of anilines is 3. The number of urea groups is 1. The van der Waals surface area contributed by atoms with E-state index in [0.717, 1.165) is 23.3 Å². The second kappa shape index (κ2) is 7.39.